The lowest BCUT2D eigenvalue weighted by Gasteiger charge is -2.18. The van der Waals surface area contributed by atoms with Gasteiger partial charge in [0.2, 0.25) is 0 Å². The van der Waals surface area contributed by atoms with Crippen molar-refractivity contribution in [2.75, 3.05) is 16.8 Å². The molecule has 28 heavy (non-hydrogen) atoms. The molecule has 9 heteroatoms. The van der Waals surface area contributed by atoms with E-state index in [4.69, 9.17) is 4.74 Å². The molecule has 0 saturated carbocycles. The van der Waals surface area contributed by atoms with E-state index in [9.17, 15) is 28.0 Å². The van der Waals surface area contributed by atoms with Gasteiger partial charge in [-0.3, -0.25) is 24.1 Å². The Morgan fingerprint density at radius 1 is 1.07 bits per heavy atom. The van der Waals surface area contributed by atoms with E-state index < -0.39 is 53.5 Å². The first-order valence-corrected chi connectivity index (χ1v) is 8.19. The average molecular weight is 388 g/mol. The Bertz CT molecular complexity index is 972. The number of nitrogens with one attached hydrogen (secondary N) is 1. The van der Waals surface area contributed by atoms with E-state index in [-0.39, 0.29) is 11.3 Å². The third-order valence-electron chi connectivity index (χ3n) is 4.05. The molecule has 1 heterocycles. The van der Waals surface area contributed by atoms with Crippen LogP contribution in [0.3, 0.4) is 0 Å². The highest BCUT2D eigenvalue weighted by atomic mass is 19.1. The summed E-state index contributed by atoms with van der Waals surface area (Å²) < 4.78 is 32.1. The van der Waals surface area contributed by atoms with Crippen molar-refractivity contribution in [3.8, 4) is 0 Å². The van der Waals surface area contributed by atoms with Gasteiger partial charge in [0.1, 0.15) is 23.9 Å². The Morgan fingerprint density at radius 2 is 1.71 bits per heavy atom. The van der Waals surface area contributed by atoms with Crippen molar-refractivity contribution in [1.29, 1.82) is 0 Å². The Labute approximate surface area is 157 Å². The number of Topliss-reactive ketones (excluding diaryl/α,β-unsaturated/α-hetero) is 1. The zero-order chi connectivity index (χ0) is 20.4. The summed E-state index contributed by atoms with van der Waals surface area (Å²) in [6.45, 7) is 0.615. The Balaban J connectivity index is 1.64. The lowest BCUT2D eigenvalue weighted by Crippen LogP contribution is -2.38. The van der Waals surface area contributed by atoms with E-state index in [0.29, 0.717) is 0 Å². The Hall–Kier alpha value is -3.62. The molecule has 0 fully saturated rings. The van der Waals surface area contributed by atoms with Gasteiger partial charge in [0.25, 0.3) is 17.6 Å². The van der Waals surface area contributed by atoms with Gasteiger partial charge in [-0.05, 0) is 31.2 Å². The average Bonchev–Trinajstić information content (AvgIpc) is 2.90. The summed E-state index contributed by atoms with van der Waals surface area (Å²) >= 11 is 0. The normalized spacial score (nSPS) is 13.9. The number of esters is 1. The van der Waals surface area contributed by atoms with Crippen LogP contribution in [0.2, 0.25) is 0 Å². The molecule has 2 aromatic rings. The Morgan fingerprint density at radius 3 is 2.39 bits per heavy atom. The molecule has 1 aliphatic rings. The maximum Gasteiger partial charge on any atom is 0.326 e. The number of ether oxygens (including phenoxy) is 1. The fraction of sp³-hybridized carbons (Fsp3) is 0.158. The number of hydrogen-bond donors (Lipinski definition) is 1. The van der Waals surface area contributed by atoms with Crippen LogP contribution in [0, 0.1) is 11.6 Å². The number of hydrogen-bond acceptors (Lipinski definition) is 5. The van der Waals surface area contributed by atoms with Crippen LogP contribution in [-0.4, -0.2) is 36.2 Å². The molecule has 0 aliphatic carbocycles. The molecular weight excluding hydrogens is 374 g/mol. The second-order valence-electron chi connectivity index (χ2n) is 5.96. The number of ketones is 1. The highest BCUT2D eigenvalue weighted by molar-refractivity contribution is 6.52. The van der Waals surface area contributed by atoms with Crippen LogP contribution in [-0.2, 0) is 19.1 Å². The molecule has 0 radical (unpaired) electrons. The first kappa shape index (κ1) is 19.2. The summed E-state index contributed by atoms with van der Waals surface area (Å²) in [5.74, 6) is -5.52. The number of nitrogens with zero attached hydrogens (tertiary/aromatic N) is 1. The number of para-hydroxylation sites is 2. The number of carbonyl (C=O) groups excluding carboxylic acids is 4. The summed E-state index contributed by atoms with van der Waals surface area (Å²) in [5.41, 5.74) is -0.231. The number of fused-ring (bicyclic) bond motifs is 1. The fourth-order valence-electron chi connectivity index (χ4n) is 2.66. The van der Waals surface area contributed by atoms with Crippen LogP contribution in [0.5, 0.6) is 0 Å². The predicted molar refractivity (Wildman–Crippen MR) is 93.7 cm³/mol. The smallest absolute Gasteiger partial charge is 0.326 e. The van der Waals surface area contributed by atoms with E-state index in [0.717, 1.165) is 23.1 Å². The van der Waals surface area contributed by atoms with Crippen molar-refractivity contribution < 1.29 is 32.7 Å². The largest absolute Gasteiger partial charge is 0.451 e. The lowest BCUT2D eigenvalue weighted by atomic mass is 10.1. The van der Waals surface area contributed by atoms with Crippen LogP contribution in [0.4, 0.5) is 20.2 Å². The number of carbonyl (C=O) groups is 4. The summed E-state index contributed by atoms with van der Waals surface area (Å²) in [4.78, 5) is 49.0. The van der Waals surface area contributed by atoms with E-state index in [1.54, 1.807) is 12.1 Å². The first-order valence-electron chi connectivity index (χ1n) is 8.19. The zero-order valence-corrected chi connectivity index (χ0v) is 14.6. The molecule has 0 saturated heterocycles. The minimum Gasteiger partial charge on any atom is -0.451 e. The molecule has 7 nitrogen and oxygen atoms in total. The number of rotatable bonds is 5. The molecule has 0 bridgehead atoms. The van der Waals surface area contributed by atoms with E-state index in [1.165, 1.54) is 19.1 Å². The van der Waals surface area contributed by atoms with Crippen LogP contribution in [0.15, 0.2) is 42.5 Å². The maximum absolute atomic E-state index is 13.6. The molecule has 0 unspecified atom stereocenters. The highest BCUT2D eigenvalue weighted by Gasteiger charge is 2.37. The van der Waals surface area contributed by atoms with Gasteiger partial charge in [-0.15, -0.1) is 0 Å². The van der Waals surface area contributed by atoms with Crippen LogP contribution in [0.25, 0.3) is 0 Å². The second kappa shape index (κ2) is 7.55. The van der Waals surface area contributed by atoms with Crippen molar-refractivity contribution in [2.24, 2.45) is 0 Å². The summed E-state index contributed by atoms with van der Waals surface area (Å²) in [6, 6.07) is 9.20. The standard InChI is InChI=1S/C19H14F2N2O5/c1-10(18(26)22-16-12(20)6-4-7-13(16)21)28-15(24)9-23-14-8-3-2-5-11(14)17(25)19(23)27/h2-8,10H,9H2,1H3,(H,22,26)/t10-/m1/s1. The minimum absolute atomic E-state index is 0.168. The fourth-order valence-corrected chi connectivity index (χ4v) is 2.66. The van der Waals surface area contributed by atoms with Crippen molar-refractivity contribution >= 4 is 34.9 Å². The van der Waals surface area contributed by atoms with Crippen LogP contribution >= 0.6 is 0 Å². The van der Waals surface area contributed by atoms with Gasteiger partial charge in [0, 0.05) is 0 Å². The molecule has 0 spiro atoms. The van der Waals surface area contributed by atoms with Gasteiger partial charge < -0.3 is 10.1 Å². The number of amides is 2. The third kappa shape index (κ3) is 3.59. The van der Waals surface area contributed by atoms with E-state index >= 15 is 0 Å². The monoisotopic (exact) mass is 388 g/mol. The van der Waals surface area contributed by atoms with Crippen molar-refractivity contribution in [1.82, 2.24) is 0 Å². The number of anilines is 2. The zero-order valence-electron chi connectivity index (χ0n) is 14.6. The van der Waals surface area contributed by atoms with Gasteiger partial charge >= 0.3 is 5.97 Å². The van der Waals surface area contributed by atoms with Crippen LogP contribution in [0.1, 0.15) is 17.3 Å². The van der Waals surface area contributed by atoms with Gasteiger partial charge in [-0.1, -0.05) is 18.2 Å². The van der Waals surface area contributed by atoms with Gasteiger partial charge in [-0.25, -0.2) is 8.78 Å². The molecular formula is C19H14F2N2O5. The Kier molecular flexibility index (Phi) is 5.16. The van der Waals surface area contributed by atoms with Crippen molar-refractivity contribution in [2.45, 2.75) is 13.0 Å². The molecule has 1 N–H and O–H groups in total. The van der Waals surface area contributed by atoms with Gasteiger partial charge in [0.05, 0.1) is 11.3 Å². The predicted octanol–water partition coefficient (Wildman–Crippen LogP) is 2.06. The number of halogens is 2. The number of benzene rings is 2. The van der Waals surface area contributed by atoms with Gasteiger partial charge in [-0.2, -0.15) is 0 Å². The van der Waals surface area contributed by atoms with Crippen molar-refractivity contribution in [3.05, 3.63) is 59.7 Å². The molecule has 2 aromatic carbocycles. The first-order chi connectivity index (χ1) is 13.3. The quantitative estimate of drug-likeness (QED) is 0.625. The molecule has 144 valence electrons. The summed E-state index contributed by atoms with van der Waals surface area (Å²) in [5, 5.41) is 2.01. The SMILES string of the molecule is C[C@@H](OC(=O)CN1C(=O)C(=O)c2ccccc21)C(=O)Nc1c(F)cccc1F. The maximum atomic E-state index is 13.6. The van der Waals surface area contributed by atoms with Crippen LogP contribution < -0.4 is 10.2 Å². The highest BCUT2D eigenvalue weighted by Crippen LogP contribution is 2.28. The minimum atomic E-state index is -1.39. The molecule has 3 rings (SSSR count). The molecule has 1 aliphatic heterocycles. The molecule has 0 aromatic heterocycles. The summed E-state index contributed by atoms with van der Waals surface area (Å²) in [7, 11) is 0. The molecule has 2 amide bonds. The lowest BCUT2D eigenvalue weighted by molar-refractivity contribution is -0.152. The summed E-state index contributed by atoms with van der Waals surface area (Å²) in [6.07, 6.45) is -1.39. The topological polar surface area (TPSA) is 92.8 Å². The van der Waals surface area contributed by atoms with E-state index in [2.05, 4.69) is 0 Å². The third-order valence-corrected chi connectivity index (χ3v) is 4.05. The second-order valence-corrected chi connectivity index (χ2v) is 5.96. The van der Waals surface area contributed by atoms with Gasteiger partial charge in [0.15, 0.2) is 6.10 Å². The van der Waals surface area contributed by atoms with E-state index in [1.807, 2.05) is 5.32 Å². The molecule has 1 atom stereocenters. The van der Waals surface area contributed by atoms with Crippen molar-refractivity contribution in [3.63, 3.8) is 0 Å².